The molecule has 1 aromatic heterocycles. The Morgan fingerprint density at radius 3 is 3.00 bits per heavy atom. The number of thiophene rings is 1. The Morgan fingerprint density at radius 1 is 1.31 bits per heavy atom. The van der Waals surface area contributed by atoms with Gasteiger partial charge in [0, 0.05) is 7.05 Å². The van der Waals surface area contributed by atoms with Crippen molar-refractivity contribution in [3.63, 3.8) is 0 Å². The molecule has 3 rings (SSSR count). The summed E-state index contributed by atoms with van der Waals surface area (Å²) in [7, 11) is 1.85. The van der Waals surface area contributed by atoms with Crippen molar-refractivity contribution in [3.05, 3.63) is 30.2 Å². The zero-order valence-electron chi connectivity index (χ0n) is 8.58. The maximum atomic E-state index is 4.26. The average molecular weight is 231 g/mol. The quantitative estimate of drug-likeness (QED) is 0.729. The van der Waals surface area contributed by atoms with Crippen molar-refractivity contribution in [1.82, 2.24) is 19.6 Å². The van der Waals surface area contributed by atoms with Gasteiger partial charge in [0.05, 0.1) is 4.88 Å². The van der Waals surface area contributed by atoms with Crippen molar-refractivity contribution in [2.24, 2.45) is 0 Å². The van der Waals surface area contributed by atoms with Gasteiger partial charge in [0.2, 0.25) is 0 Å². The lowest BCUT2D eigenvalue weighted by Gasteiger charge is -2.13. The predicted octanol–water partition coefficient (Wildman–Crippen LogP) is 1.68. The van der Waals surface area contributed by atoms with Crippen molar-refractivity contribution in [2.45, 2.75) is 0 Å². The average Bonchev–Trinajstić information content (AvgIpc) is 2.98. The van der Waals surface area contributed by atoms with Gasteiger partial charge in [-0.3, -0.25) is 0 Å². The third-order valence-corrected chi connectivity index (χ3v) is 3.21. The summed E-state index contributed by atoms with van der Waals surface area (Å²) in [5, 5.41) is 2.04. The van der Waals surface area contributed by atoms with Gasteiger partial charge in [-0.2, -0.15) is 0 Å². The summed E-state index contributed by atoms with van der Waals surface area (Å²) < 4.78 is 1.85. The highest BCUT2D eigenvalue weighted by atomic mass is 32.1. The maximum absolute atomic E-state index is 4.26. The number of hydrogen-bond donors (Lipinski definition) is 1. The lowest BCUT2D eigenvalue weighted by molar-refractivity contribution is 0.881. The second kappa shape index (κ2) is 3.57. The second-order valence-electron chi connectivity index (χ2n) is 3.21. The van der Waals surface area contributed by atoms with Gasteiger partial charge in [-0.25, -0.2) is 19.6 Å². The summed E-state index contributed by atoms with van der Waals surface area (Å²) in [6.45, 7) is 0. The molecule has 80 valence electrons. The molecule has 1 aromatic rings. The highest BCUT2D eigenvalue weighted by Gasteiger charge is 2.18. The maximum Gasteiger partial charge on any atom is 0.183 e. The van der Waals surface area contributed by atoms with E-state index in [9.17, 15) is 0 Å². The molecule has 0 atom stereocenters. The molecule has 0 saturated heterocycles. The van der Waals surface area contributed by atoms with E-state index in [4.69, 9.17) is 0 Å². The number of rotatable bonds is 2. The molecule has 0 unspecified atom stereocenters. The number of fused-ring (bicyclic) bond motifs is 1. The number of nitrogens with one attached hydrogen (secondary N) is 1. The molecule has 0 amide bonds. The first-order chi connectivity index (χ1) is 7.90. The van der Waals surface area contributed by atoms with Crippen LogP contribution < -0.4 is 5.43 Å². The van der Waals surface area contributed by atoms with Gasteiger partial charge in [0.15, 0.2) is 5.82 Å². The Balaban J connectivity index is 2.32. The molecule has 6 heteroatoms. The zero-order chi connectivity index (χ0) is 11.0. The second-order valence-corrected chi connectivity index (χ2v) is 4.16. The highest BCUT2D eigenvalue weighted by Crippen LogP contribution is 2.31. The lowest BCUT2D eigenvalue weighted by atomic mass is 10.2. The molecular formula is C10H9N5S. The van der Waals surface area contributed by atoms with Gasteiger partial charge >= 0.3 is 0 Å². The summed E-state index contributed by atoms with van der Waals surface area (Å²) in [5.74, 6) is 0.676. The first-order valence-electron chi connectivity index (χ1n) is 4.80. The first-order valence-corrected chi connectivity index (χ1v) is 5.68. The Kier molecular flexibility index (Phi) is 2.07. The van der Waals surface area contributed by atoms with E-state index in [2.05, 4.69) is 26.4 Å². The van der Waals surface area contributed by atoms with Crippen molar-refractivity contribution in [2.75, 3.05) is 12.5 Å². The molecule has 5 nitrogen and oxygen atoms in total. The van der Waals surface area contributed by atoms with E-state index in [-0.39, 0.29) is 0 Å². The van der Waals surface area contributed by atoms with Crippen LogP contribution in [0.3, 0.4) is 0 Å². The fraction of sp³-hybridized carbons (Fsp3) is 0.100. The van der Waals surface area contributed by atoms with Crippen LogP contribution in [0.25, 0.3) is 22.1 Å². The van der Waals surface area contributed by atoms with Crippen molar-refractivity contribution >= 4 is 11.3 Å². The van der Waals surface area contributed by atoms with E-state index < -0.39 is 0 Å². The van der Waals surface area contributed by atoms with Crippen LogP contribution in [0.1, 0.15) is 0 Å². The van der Waals surface area contributed by atoms with Crippen LogP contribution in [0.4, 0.5) is 0 Å². The van der Waals surface area contributed by atoms with Crippen LogP contribution in [0, 0.1) is 0 Å². The minimum Gasteiger partial charge on any atom is -0.327 e. The summed E-state index contributed by atoms with van der Waals surface area (Å²) in [5.41, 5.74) is 4.88. The summed E-state index contributed by atoms with van der Waals surface area (Å²) in [6.07, 6.45) is 3.25. The van der Waals surface area contributed by atoms with E-state index in [1.165, 1.54) is 6.33 Å². The number of imidazole rings is 1. The van der Waals surface area contributed by atoms with Crippen LogP contribution in [0.15, 0.2) is 30.2 Å². The van der Waals surface area contributed by atoms with Gasteiger partial charge in [0.25, 0.3) is 0 Å². The fourth-order valence-electron chi connectivity index (χ4n) is 1.62. The Labute approximate surface area is 96.1 Å². The molecule has 2 aliphatic rings. The first kappa shape index (κ1) is 9.29. The molecule has 16 heavy (non-hydrogen) atoms. The van der Waals surface area contributed by atoms with E-state index in [0.29, 0.717) is 5.82 Å². The molecule has 0 aliphatic carbocycles. The van der Waals surface area contributed by atoms with Crippen LogP contribution in [0.2, 0.25) is 0 Å². The molecule has 0 fully saturated rings. The van der Waals surface area contributed by atoms with Gasteiger partial charge in [-0.15, -0.1) is 11.3 Å². The smallest absolute Gasteiger partial charge is 0.183 e. The Bertz CT molecular complexity index is 571. The molecule has 3 heterocycles. The molecular weight excluding hydrogens is 222 g/mol. The summed E-state index contributed by atoms with van der Waals surface area (Å²) in [4.78, 5) is 13.7. The minimum absolute atomic E-state index is 0.676. The van der Waals surface area contributed by atoms with Crippen molar-refractivity contribution in [3.8, 4) is 22.1 Å². The van der Waals surface area contributed by atoms with E-state index in [0.717, 1.165) is 16.3 Å². The largest absolute Gasteiger partial charge is 0.327 e. The molecule has 0 bridgehead atoms. The summed E-state index contributed by atoms with van der Waals surface area (Å²) in [6, 6.07) is 4.07. The third-order valence-electron chi connectivity index (χ3n) is 2.33. The molecule has 0 aromatic carbocycles. The Morgan fingerprint density at radius 2 is 2.25 bits per heavy atom. The zero-order valence-corrected chi connectivity index (χ0v) is 9.40. The molecule has 0 saturated carbocycles. The molecule has 0 radical (unpaired) electrons. The van der Waals surface area contributed by atoms with E-state index in [1.54, 1.807) is 17.7 Å². The van der Waals surface area contributed by atoms with Gasteiger partial charge in [-0.05, 0) is 11.4 Å². The topological polar surface area (TPSA) is 55.6 Å². The molecule has 0 spiro atoms. The van der Waals surface area contributed by atoms with Crippen LogP contribution >= 0.6 is 11.3 Å². The van der Waals surface area contributed by atoms with Crippen LogP contribution in [-0.4, -0.2) is 26.7 Å². The third kappa shape index (κ3) is 1.27. The SMILES string of the molecule is CNn1cnc2ncnc-2c1-c1cccs1. The van der Waals surface area contributed by atoms with Crippen molar-refractivity contribution < 1.29 is 0 Å². The van der Waals surface area contributed by atoms with Gasteiger partial charge in [-0.1, -0.05) is 6.07 Å². The fourth-order valence-corrected chi connectivity index (χ4v) is 2.39. The Hall–Kier alpha value is -1.95. The standard InChI is InChI=1S/C10H9N5S/c1-11-15-6-14-10-8(12-5-13-10)9(15)7-3-2-4-16-7/h2-6,11H,1H3. The van der Waals surface area contributed by atoms with Crippen molar-refractivity contribution in [1.29, 1.82) is 0 Å². The van der Waals surface area contributed by atoms with Crippen LogP contribution in [-0.2, 0) is 0 Å². The normalized spacial score (nSPS) is 10.8. The number of aromatic nitrogens is 4. The monoisotopic (exact) mass is 231 g/mol. The van der Waals surface area contributed by atoms with E-state index >= 15 is 0 Å². The van der Waals surface area contributed by atoms with E-state index in [1.807, 2.05) is 23.2 Å². The summed E-state index contributed by atoms with van der Waals surface area (Å²) >= 11 is 1.67. The molecule has 2 aliphatic heterocycles. The van der Waals surface area contributed by atoms with Gasteiger partial charge < -0.3 is 5.43 Å². The number of hydrogen-bond acceptors (Lipinski definition) is 5. The van der Waals surface area contributed by atoms with Crippen LogP contribution in [0.5, 0.6) is 0 Å². The predicted molar refractivity (Wildman–Crippen MR) is 63.0 cm³/mol. The lowest BCUT2D eigenvalue weighted by Crippen LogP contribution is -2.14. The minimum atomic E-state index is 0.676. The number of nitrogens with zero attached hydrogens (tertiary/aromatic N) is 4. The molecule has 1 N–H and O–H groups in total. The van der Waals surface area contributed by atoms with Gasteiger partial charge in [0.1, 0.15) is 24.0 Å². The highest BCUT2D eigenvalue weighted by molar-refractivity contribution is 7.13.